The highest BCUT2D eigenvalue weighted by molar-refractivity contribution is 6.00. The van der Waals surface area contributed by atoms with Crippen molar-refractivity contribution in [1.29, 1.82) is 0 Å². The van der Waals surface area contributed by atoms with E-state index in [1.54, 1.807) is 50.4 Å². The zero-order chi connectivity index (χ0) is 18.2. The fourth-order valence-corrected chi connectivity index (χ4v) is 2.37. The Kier molecular flexibility index (Phi) is 6.39. The predicted octanol–water partition coefficient (Wildman–Crippen LogP) is 2.18. The third-order valence-electron chi connectivity index (χ3n) is 3.68. The first-order valence-electron chi connectivity index (χ1n) is 8.00. The van der Waals surface area contributed by atoms with E-state index < -0.39 is 17.9 Å². The van der Waals surface area contributed by atoms with Crippen LogP contribution in [0.3, 0.4) is 0 Å². The van der Waals surface area contributed by atoms with Crippen LogP contribution in [0.25, 0.3) is 0 Å². The number of nitrogens with one attached hydrogen (secondary N) is 1. The van der Waals surface area contributed by atoms with E-state index >= 15 is 0 Å². The molecule has 2 aromatic rings. The van der Waals surface area contributed by atoms with E-state index in [0.29, 0.717) is 17.7 Å². The van der Waals surface area contributed by atoms with E-state index in [2.05, 4.69) is 5.32 Å². The molecule has 0 radical (unpaired) electrons. The lowest BCUT2D eigenvalue weighted by molar-refractivity contribution is -0.145. The molecule has 0 aromatic heterocycles. The maximum Gasteiger partial charge on any atom is 0.328 e. The Morgan fingerprint density at radius 2 is 1.80 bits per heavy atom. The van der Waals surface area contributed by atoms with Crippen molar-refractivity contribution in [3.63, 3.8) is 0 Å². The second-order valence-corrected chi connectivity index (χ2v) is 5.42. The highest BCUT2D eigenvalue weighted by Gasteiger charge is 2.23. The molecular formula is C19H22N2O4. The molecule has 25 heavy (non-hydrogen) atoms. The van der Waals surface area contributed by atoms with E-state index in [-0.39, 0.29) is 6.61 Å². The predicted molar refractivity (Wildman–Crippen MR) is 95.4 cm³/mol. The van der Waals surface area contributed by atoms with Crippen LogP contribution >= 0.6 is 0 Å². The quantitative estimate of drug-likeness (QED) is 0.594. The highest BCUT2D eigenvalue weighted by Crippen LogP contribution is 2.15. The second kappa shape index (κ2) is 8.73. The number of hydrogen-bond donors (Lipinski definition) is 2. The van der Waals surface area contributed by atoms with Crippen molar-refractivity contribution in [3.8, 4) is 5.75 Å². The van der Waals surface area contributed by atoms with Gasteiger partial charge in [-0.3, -0.25) is 4.79 Å². The molecule has 3 N–H and O–H groups in total. The summed E-state index contributed by atoms with van der Waals surface area (Å²) in [6, 6.07) is 13.2. The minimum absolute atomic E-state index is 0.237. The van der Waals surface area contributed by atoms with Crippen LogP contribution in [0.1, 0.15) is 22.8 Å². The van der Waals surface area contributed by atoms with Gasteiger partial charge in [0.2, 0.25) is 0 Å². The lowest BCUT2D eigenvalue weighted by Gasteiger charge is -2.18. The van der Waals surface area contributed by atoms with Gasteiger partial charge in [-0.2, -0.15) is 0 Å². The van der Waals surface area contributed by atoms with Gasteiger partial charge in [-0.05, 0) is 36.8 Å². The van der Waals surface area contributed by atoms with E-state index in [4.69, 9.17) is 15.2 Å². The maximum absolute atomic E-state index is 12.5. The van der Waals surface area contributed by atoms with Crippen LogP contribution in [0.15, 0.2) is 48.5 Å². The first-order chi connectivity index (χ1) is 12.0. The number of ether oxygens (including phenoxy) is 2. The number of benzene rings is 2. The number of hydrogen-bond acceptors (Lipinski definition) is 5. The first kappa shape index (κ1) is 18.3. The molecule has 0 bridgehead atoms. The van der Waals surface area contributed by atoms with E-state index in [9.17, 15) is 9.59 Å². The van der Waals surface area contributed by atoms with E-state index in [1.165, 1.54) is 0 Å². The Hall–Kier alpha value is -3.02. The van der Waals surface area contributed by atoms with Crippen LogP contribution < -0.4 is 15.8 Å². The van der Waals surface area contributed by atoms with Crippen LogP contribution in [-0.4, -0.2) is 31.6 Å². The summed E-state index contributed by atoms with van der Waals surface area (Å²) >= 11 is 0. The Balaban J connectivity index is 2.16. The van der Waals surface area contributed by atoms with Crippen molar-refractivity contribution >= 4 is 17.6 Å². The Bertz CT molecular complexity index is 728. The van der Waals surface area contributed by atoms with Crippen molar-refractivity contribution < 1.29 is 19.1 Å². The SMILES string of the molecule is CCOC(=O)C(Cc1ccc(OC)cc1)NC(=O)c1ccccc1N. The fraction of sp³-hybridized carbons (Fsp3) is 0.263. The Morgan fingerprint density at radius 3 is 2.40 bits per heavy atom. The van der Waals surface area contributed by atoms with Gasteiger partial charge in [-0.15, -0.1) is 0 Å². The number of rotatable bonds is 7. The van der Waals surface area contributed by atoms with Crippen LogP contribution in [0, 0.1) is 0 Å². The molecule has 6 heteroatoms. The number of esters is 1. The number of anilines is 1. The number of methoxy groups -OCH3 is 1. The summed E-state index contributed by atoms with van der Waals surface area (Å²) in [4.78, 5) is 24.7. The molecule has 1 amide bonds. The average molecular weight is 342 g/mol. The zero-order valence-corrected chi connectivity index (χ0v) is 14.3. The van der Waals surface area contributed by atoms with Crippen molar-refractivity contribution in [2.45, 2.75) is 19.4 Å². The molecule has 0 aliphatic rings. The standard InChI is InChI=1S/C19H22N2O4/c1-3-25-19(23)17(12-13-8-10-14(24-2)11-9-13)21-18(22)15-6-4-5-7-16(15)20/h4-11,17H,3,12,20H2,1-2H3,(H,21,22). The molecule has 2 rings (SSSR count). The maximum atomic E-state index is 12.5. The molecule has 2 aromatic carbocycles. The average Bonchev–Trinajstić information content (AvgIpc) is 2.62. The van der Waals surface area contributed by atoms with Crippen LogP contribution in [0.2, 0.25) is 0 Å². The number of nitrogen functional groups attached to an aromatic ring is 1. The molecule has 0 heterocycles. The van der Waals surface area contributed by atoms with Gasteiger partial charge in [0, 0.05) is 12.1 Å². The summed E-state index contributed by atoms with van der Waals surface area (Å²) in [5, 5.41) is 2.71. The number of carbonyl (C=O) groups excluding carboxylic acids is 2. The van der Waals surface area contributed by atoms with Crippen LogP contribution in [0.4, 0.5) is 5.69 Å². The molecule has 1 unspecified atom stereocenters. The minimum atomic E-state index is -0.805. The van der Waals surface area contributed by atoms with Gasteiger partial charge in [-0.25, -0.2) is 4.79 Å². The molecule has 132 valence electrons. The van der Waals surface area contributed by atoms with Gasteiger partial charge in [0.05, 0.1) is 19.3 Å². The van der Waals surface area contributed by atoms with E-state index in [1.807, 2.05) is 12.1 Å². The van der Waals surface area contributed by atoms with Crippen LogP contribution in [0.5, 0.6) is 5.75 Å². The lowest BCUT2D eigenvalue weighted by Crippen LogP contribution is -2.43. The Morgan fingerprint density at radius 1 is 1.12 bits per heavy atom. The monoisotopic (exact) mass is 342 g/mol. The topological polar surface area (TPSA) is 90.6 Å². The summed E-state index contributed by atoms with van der Waals surface area (Å²) in [6.07, 6.45) is 0.307. The number of carbonyl (C=O) groups is 2. The number of para-hydroxylation sites is 1. The third kappa shape index (κ3) is 4.97. The molecule has 0 aliphatic heterocycles. The molecule has 0 saturated heterocycles. The summed E-state index contributed by atoms with van der Waals surface area (Å²) < 4.78 is 10.2. The van der Waals surface area contributed by atoms with Crippen LogP contribution in [-0.2, 0) is 16.0 Å². The largest absolute Gasteiger partial charge is 0.497 e. The number of amides is 1. The van der Waals surface area contributed by atoms with Gasteiger partial charge in [-0.1, -0.05) is 24.3 Å². The molecule has 0 saturated carbocycles. The van der Waals surface area contributed by atoms with Crippen molar-refractivity contribution in [2.24, 2.45) is 0 Å². The van der Waals surface area contributed by atoms with Crippen molar-refractivity contribution in [3.05, 3.63) is 59.7 Å². The zero-order valence-electron chi connectivity index (χ0n) is 14.3. The second-order valence-electron chi connectivity index (χ2n) is 5.42. The van der Waals surface area contributed by atoms with Crippen molar-refractivity contribution in [1.82, 2.24) is 5.32 Å². The molecule has 6 nitrogen and oxygen atoms in total. The first-order valence-corrected chi connectivity index (χ1v) is 8.00. The fourth-order valence-electron chi connectivity index (χ4n) is 2.37. The normalized spacial score (nSPS) is 11.4. The van der Waals surface area contributed by atoms with Gasteiger partial charge < -0.3 is 20.5 Å². The molecule has 1 atom stereocenters. The third-order valence-corrected chi connectivity index (χ3v) is 3.68. The Labute approximate surface area is 146 Å². The summed E-state index contributed by atoms with van der Waals surface area (Å²) in [6.45, 7) is 1.96. The van der Waals surface area contributed by atoms with Gasteiger partial charge in [0.25, 0.3) is 5.91 Å². The van der Waals surface area contributed by atoms with Crippen molar-refractivity contribution in [2.75, 3.05) is 19.5 Å². The molecular weight excluding hydrogens is 320 g/mol. The van der Waals surface area contributed by atoms with Gasteiger partial charge >= 0.3 is 5.97 Å². The lowest BCUT2D eigenvalue weighted by atomic mass is 10.0. The van der Waals surface area contributed by atoms with E-state index in [0.717, 1.165) is 11.3 Å². The number of nitrogens with two attached hydrogens (primary N) is 1. The molecule has 0 fully saturated rings. The van der Waals surface area contributed by atoms with Gasteiger partial charge in [0.1, 0.15) is 11.8 Å². The van der Waals surface area contributed by atoms with Gasteiger partial charge in [0.15, 0.2) is 0 Å². The summed E-state index contributed by atoms with van der Waals surface area (Å²) in [5.74, 6) is -0.177. The highest BCUT2D eigenvalue weighted by atomic mass is 16.5. The smallest absolute Gasteiger partial charge is 0.328 e. The summed E-state index contributed by atoms with van der Waals surface area (Å²) in [7, 11) is 1.58. The minimum Gasteiger partial charge on any atom is -0.497 e. The molecule has 0 aliphatic carbocycles. The summed E-state index contributed by atoms with van der Waals surface area (Å²) in [5.41, 5.74) is 7.38. The molecule has 0 spiro atoms.